The molecule has 18 heavy (non-hydrogen) atoms. The average molecular weight is 307 g/mol. The van der Waals surface area contributed by atoms with E-state index in [2.05, 4.69) is 40.2 Å². The minimum atomic E-state index is 0.498. The van der Waals surface area contributed by atoms with Crippen molar-refractivity contribution in [2.75, 3.05) is 0 Å². The van der Waals surface area contributed by atoms with E-state index >= 15 is 0 Å². The van der Waals surface area contributed by atoms with Crippen LogP contribution in [0.25, 0.3) is 0 Å². The van der Waals surface area contributed by atoms with E-state index < -0.39 is 0 Å². The monoisotopic (exact) mass is 306 g/mol. The molecule has 0 amide bonds. The van der Waals surface area contributed by atoms with Gasteiger partial charge < -0.3 is 0 Å². The Bertz CT molecular complexity index is 437. The number of hydrogen-bond donors (Lipinski definition) is 0. The molecule has 0 aliphatic heterocycles. The van der Waals surface area contributed by atoms with Gasteiger partial charge in [0.15, 0.2) is 0 Å². The fourth-order valence-corrected chi connectivity index (χ4v) is 3.99. The van der Waals surface area contributed by atoms with Crippen LogP contribution in [-0.4, -0.2) is 5.78 Å². The molecule has 0 spiro atoms. The van der Waals surface area contributed by atoms with Gasteiger partial charge in [-0.1, -0.05) is 28.1 Å². The highest BCUT2D eigenvalue weighted by molar-refractivity contribution is 9.10. The Hall–Kier alpha value is -0.630. The Balaban J connectivity index is 1.70. The van der Waals surface area contributed by atoms with E-state index in [0.717, 1.165) is 29.7 Å². The van der Waals surface area contributed by atoms with Gasteiger partial charge in [0.05, 0.1) is 0 Å². The second kappa shape index (κ2) is 5.16. The van der Waals surface area contributed by atoms with Crippen molar-refractivity contribution < 1.29 is 4.79 Å². The second-order valence-corrected chi connectivity index (χ2v) is 6.78. The van der Waals surface area contributed by atoms with Crippen molar-refractivity contribution in [2.24, 2.45) is 11.8 Å². The van der Waals surface area contributed by atoms with Crippen molar-refractivity contribution in [3.63, 3.8) is 0 Å². The summed E-state index contributed by atoms with van der Waals surface area (Å²) in [4.78, 5) is 11.5. The molecule has 96 valence electrons. The standard InChI is InChI=1S/C16H19BrO/c17-15-6-3-11(4-7-15)12-1-2-14-10-16(18)8-5-13(14)9-12/h3-4,6-7,12-14H,1-2,5,8-10H2/t12?,13-,14+/m0/s1. The molecule has 1 unspecified atom stereocenters. The van der Waals surface area contributed by atoms with E-state index in [4.69, 9.17) is 0 Å². The van der Waals surface area contributed by atoms with Crippen LogP contribution in [0.1, 0.15) is 50.0 Å². The van der Waals surface area contributed by atoms with Crippen molar-refractivity contribution in [1.82, 2.24) is 0 Å². The zero-order chi connectivity index (χ0) is 12.5. The third kappa shape index (κ3) is 2.54. The number of Topliss-reactive ketones (excluding diaryl/α,β-unsaturated/α-hetero) is 1. The highest BCUT2D eigenvalue weighted by atomic mass is 79.9. The SMILES string of the molecule is O=C1CC[C@H]2CC(c3ccc(Br)cc3)CC[C@@H]2C1. The zero-order valence-corrected chi connectivity index (χ0v) is 12.2. The van der Waals surface area contributed by atoms with Crippen LogP contribution in [0.3, 0.4) is 0 Å². The van der Waals surface area contributed by atoms with E-state index in [1.54, 1.807) is 0 Å². The Morgan fingerprint density at radius 1 is 1.00 bits per heavy atom. The molecule has 2 aliphatic rings. The molecule has 0 saturated heterocycles. The normalized spacial score (nSPS) is 32.1. The molecule has 3 rings (SSSR count). The third-order valence-electron chi connectivity index (χ3n) is 4.77. The lowest BCUT2D eigenvalue weighted by atomic mass is 9.66. The summed E-state index contributed by atoms with van der Waals surface area (Å²) >= 11 is 3.49. The minimum Gasteiger partial charge on any atom is -0.300 e. The van der Waals surface area contributed by atoms with E-state index in [0.29, 0.717) is 17.6 Å². The van der Waals surface area contributed by atoms with Gasteiger partial charge >= 0.3 is 0 Å². The van der Waals surface area contributed by atoms with Gasteiger partial charge in [0.25, 0.3) is 0 Å². The van der Waals surface area contributed by atoms with Crippen LogP contribution in [0.15, 0.2) is 28.7 Å². The molecule has 2 heteroatoms. The Morgan fingerprint density at radius 3 is 2.56 bits per heavy atom. The molecule has 0 radical (unpaired) electrons. The predicted molar refractivity (Wildman–Crippen MR) is 76.6 cm³/mol. The Kier molecular flexibility index (Phi) is 3.56. The van der Waals surface area contributed by atoms with Gasteiger partial charge in [0.2, 0.25) is 0 Å². The first-order chi connectivity index (χ1) is 8.72. The van der Waals surface area contributed by atoms with Crippen LogP contribution in [0.4, 0.5) is 0 Å². The molecule has 0 heterocycles. The van der Waals surface area contributed by atoms with Gasteiger partial charge in [-0.2, -0.15) is 0 Å². The lowest BCUT2D eigenvalue weighted by molar-refractivity contribution is -0.123. The summed E-state index contributed by atoms with van der Waals surface area (Å²) in [6.45, 7) is 0. The van der Waals surface area contributed by atoms with Crippen LogP contribution < -0.4 is 0 Å². The molecule has 0 bridgehead atoms. The van der Waals surface area contributed by atoms with Gasteiger partial charge in [0.1, 0.15) is 5.78 Å². The quantitative estimate of drug-likeness (QED) is 0.735. The number of rotatable bonds is 1. The molecule has 1 nitrogen and oxygen atoms in total. The summed E-state index contributed by atoms with van der Waals surface area (Å²) in [5.74, 6) is 2.70. The molecular weight excluding hydrogens is 288 g/mol. The van der Waals surface area contributed by atoms with Crippen molar-refractivity contribution >= 4 is 21.7 Å². The molecule has 2 fully saturated rings. The van der Waals surface area contributed by atoms with E-state index in [-0.39, 0.29) is 0 Å². The van der Waals surface area contributed by atoms with Crippen LogP contribution >= 0.6 is 15.9 Å². The van der Waals surface area contributed by atoms with Crippen LogP contribution in [0, 0.1) is 11.8 Å². The zero-order valence-electron chi connectivity index (χ0n) is 10.6. The average Bonchev–Trinajstić information content (AvgIpc) is 2.39. The molecular formula is C16H19BrO. The van der Waals surface area contributed by atoms with Gasteiger partial charge in [-0.3, -0.25) is 4.79 Å². The van der Waals surface area contributed by atoms with Gasteiger partial charge in [-0.05, 0) is 61.1 Å². The maximum absolute atomic E-state index is 11.5. The molecule has 3 atom stereocenters. The number of carbonyl (C=O) groups excluding carboxylic acids is 1. The Labute approximate surface area is 117 Å². The number of carbonyl (C=O) groups is 1. The maximum atomic E-state index is 11.5. The predicted octanol–water partition coefficient (Wildman–Crippen LogP) is 4.70. The third-order valence-corrected chi connectivity index (χ3v) is 5.29. The molecule has 0 N–H and O–H groups in total. The lowest BCUT2D eigenvalue weighted by Crippen LogP contribution is -2.30. The number of ketones is 1. The molecule has 0 aromatic heterocycles. The van der Waals surface area contributed by atoms with E-state index in [9.17, 15) is 4.79 Å². The highest BCUT2D eigenvalue weighted by Crippen LogP contribution is 2.45. The van der Waals surface area contributed by atoms with Crippen molar-refractivity contribution in [3.05, 3.63) is 34.3 Å². The molecule has 2 saturated carbocycles. The fraction of sp³-hybridized carbons (Fsp3) is 0.562. The Morgan fingerprint density at radius 2 is 1.78 bits per heavy atom. The largest absolute Gasteiger partial charge is 0.300 e. The van der Waals surface area contributed by atoms with Crippen LogP contribution in [0.5, 0.6) is 0 Å². The highest BCUT2D eigenvalue weighted by Gasteiger charge is 2.35. The second-order valence-electron chi connectivity index (χ2n) is 5.86. The molecule has 2 aliphatic carbocycles. The van der Waals surface area contributed by atoms with E-state index in [1.807, 2.05) is 0 Å². The summed E-state index contributed by atoms with van der Waals surface area (Å²) in [5.41, 5.74) is 1.48. The lowest BCUT2D eigenvalue weighted by Gasteiger charge is -2.39. The van der Waals surface area contributed by atoms with Crippen molar-refractivity contribution in [2.45, 2.75) is 44.4 Å². The number of benzene rings is 1. The number of halogens is 1. The van der Waals surface area contributed by atoms with Gasteiger partial charge in [0, 0.05) is 17.3 Å². The topological polar surface area (TPSA) is 17.1 Å². The van der Waals surface area contributed by atoms with Gasteiger partial charge in [-0.15, -0.1) is 0 Å². The first-order valence-corrected chi connectivity index (χ1v) is 7.79. The van der Waals surface area contributed by atoms with Crippen molar-refractivity contribution in [1.29, 1.82) is 0 Å². The first kappa shape index (κ1) is 12.4. The summed E-state index contributed by atoms with van der Waals surface area (Å²) < 4.78 is 1.16. The molecule has 1 aromatic rings. The summed E-state index contributed by atoms with van der Waals surface area (Å²) in [5, 5.41) is 0. The van der Waals surface area contributed by atoms with Crippen molar-refractivity contribution in [3.8, 4) is 0 Å². The van der Waals surface area contributed by atoms with E-state index in [1.165, 1.54) is 24.8 Å². The molecule has 1 aromatic carbocycles. The minimum absolute atomic E-state index is 0.498. The van der Waals surface area contributed by atoms with Crippen LogP contribution in [0.2, 0.25) is 0 Å². The first-order valence-electron chi connectivity index (χ1n) is 6.99. The van der Waals surface area contributed by atoms with Crippen LogP contribution in [-0.2, 0) is 4.79 Å². The number of hydrogen-bond acceptors (Lipinski definition) is 1. The number of fused-ring (bicyclic) bond motifs is 1. The summed E-state index contributed by atoms with van der Waals surface area (Å²) in [7, 11) is 0. The van der Waals surface area contributed by atoms with Gasteiger partial charge in [-0.25, -0.2) is 0 Å². The smallest absolute Gasteiger partial charge is 0.133 e. The fourth-order valence-electron chi connectivity index (χ4n) is 3.73. The summed E-state index contributed by atoms with van der Waals surface area (Å²) in [6.07, 6.45) is 6.62. The maximum Gasteiger partial charge on any atom is 0.133 e. The summed E-state index contributed by atoms with van der Waals surface area (Å²) in [6, 6.07) is 8.80.